The highest BCUT2D eigenvalue weighted by molar-refractivity contribution is 5.90. The van der Waals surface area contributed by atoms with E-state index in [9.17, 15) is 9.59 Å². The number of benzene rings is 1. The Bertz CT molecular complexity index is 990. The van der Waals surface area contributed by atoms with Gasteiger partial charge in [-0.25, -0.2) is 4.79 Å². The second-order valence-electron chi connectivity index (χ2n) is 9.48. The van der Waals surface area contributed by atoms with E-state index >= 15 is 0 Å². The van der Waals surface area contributed by atoms with Crippen molar-refractivity contribution in [3.05, 3.63) is 41.0 Å². The number of anilines is 1. The molecule has 0 aliphatic carbocycles. The maximum atomic E-state index is 12.8. The molecule has 3 amide bonds. The molecule has 1 aromatic carbocycles. The van der Waals surface area contributed by atoms with Gasteiger partial charge in [0.25, 0.3) is 0 Å². The Hall–Kier alpha value is -2.90. The average Bonchev–Trinajstić information content (AvgIpc) is 3.20. The second kappa shape index (κ2) is 9.30. The molecule has 172 valence electrons. The zero-order valence-electron chi connectivity index (χ0n) is 19.6. The van der Waals surface area contributed by atoms with E-state index in [0.717, 1.165) is 54.4 Å². The van der Waals surface area contributed by atoms with Crippen molar-refractivity contribution < 1.29 is 9.59 Å². The molecule has 0 spiro atoms. The van der Waals surface area contributed by atoms with Crippen LogP contribution in [0.2, 0.25) is 0 Å². The lowest BCUT2D eigenvalue weighted by Gasteiger charge is -2.33. The van der Waals surface area contributed by atoms with Crippen LogP contribution < -0.4 is 5.32 Å². The Labute approximate surface area is 190 Å². The fraction of sp³-hybridized carbons (Fsp3) is 0.583. The molecule has 3 heterocycles. The van der Waals surface area contributed by atoms with E-state index in [1.54, 1.807) is 4.90 Å². The van der Waals surface area contributed by atoms with Gasteiger partial charge in [-0.2, -0.15) is 0 Å². The maximum Gasteiger partial charge on any atom is 0.322 e. The van der Waals surface area contributed by atoms with Crippen molar-refractivity contribution >= 4 is 17.6 Å². The zero-order valence-corrected chi connectivity index (χ0v) is 19.6. The molecule has 0 atom stereocenters. The predicted molar refractivity (Wildman–Crippen MR) is 123 cm³/mol. The van der Waals surface area contributed by atoms with Crippen LogP contribution in [-0.4, -0.2) is 56.1 Å². The molecular formula is C24H34N6O2. The summed E-state index contributed by atoms with van der Waals surface area (Å²) < 4.78 is 2.18. The SMILES string of the molecule is Cc1cccc(NC(=O)N2CCn3c(nnc3C3CCN(C(=O)CC(C)C)CC3)C2)c1C. The number of rotatable bonds is 4. The van der Waals surface area contributed by atoms with Gasteiger partial charge < -0.3 is 19.7 Å². The van der Waals surface area contributed by atoms with Crippen LogP contribution in [0.15, 0.2) is 18.2 Å². The van der Waals surface area contributed by atoms with Crippen molar-refractivity contribution in [3.8, 4) is 0 Å². The van der Waals surface area contributed by atoms with Gasteiger partial charge in [-0.3, -0.25) is 4.79 Å². The van der Waals surface area contributed by atoms with Gasteiger partial charge in [0.05, 0.1) is 6.54 Å². The normalized spacial score (nSPS) is 16.9. The van der Waals surface area contributed by atoms with Crippen molar-refractivity contribution in [2.24, 2.45) is 5.92 Å². The van der Waals surface area contributed by atoms with Gasteiger partial charge in [0, 0.05) is 44.2 Å². The molecule has 32 heavy (non-hydrogen) atoms. The van der Waals surface area contributed by atoms with E-state index in [2.05, 4.69) is 33.9 Å². The molecule has 0 radical (unpaired) electrons. The Morgan fingerprint density at radius 3 is 2.53 bits per heavy atom. The van der Waals surface area contributed by atoms with E-state index < -0.39 is 0 Å². The van der Waals surface area contributed by atoms with Crippen molar-refractivity contribution in [1.82, 2.24) is 24.6 Å². The fourth-order valence-electron chi connectivity index (χ4n) is 4.60. The average molecular weight is 439 g/mol. The van der Waals surface area contributed by atoms with Gasteiger partial charge in [0.2, 0.25) is 5.91 Å². The van der Waals surface area contributed by atoms with E-state index in [-0.39, 0.29) is 11.9 Å². The highest BCUT2D eigenvalue weighted by Crippen LogP contribution is 2.29. The van der Waals surface area contributed by atoms with Gasteiger partial charge in [-0.1, -0.05) is 26.0 Å². The molecule has 8 nitrogen and oxygen atoms in total. The van der Waals surface area contributed by atoms with Gasteiger partial charge >= 0.3 is 6.03 Å². The second-order valence-corrected chi connectivity index (χ2v) is 9.48. The molecule has 1 N–H and O–H groups in total. The highest BCUT2D eigenvalue weighted by Gasteiger charge is 2.31. The number of nitrogens with zero attached hydrogens (tertiary/aromatic N) is 5. The van der Waals surface area contributed by atoms with Crippen LogP contribution in [0.25, 0.3) is 0 Å². The summed E-state index contributed by atoms with van der Waals surface area (Å²) in [5, 5.41) is 11.9. The Morgan fingerprint density at radius 1 is 1.06 bits per heavy atom. The summed E-state index contributed by atoms with van der Waals surface area (Å²) in [4.78, 5) is 29.0. The van der Waals surface area contributed by atoms with Gasteiger partial charge in [-0.05, 0) is 49.8 Å². The minimum atomic E-state index is -0.105. The minimum Gasteiger partial charge on any atom is -0.343 e. The lowest BCUT2D eigenvalue weighted by atomic mass is 9.95. The first-order valence-electron chi connectivity index (χ1n) is 11.7. The number of likely N-dealkylation sites (tertiary alicyclic amines) is 1. The third-order valence-electron chi connectivity index (χ3n) is 6.71. The number of hydrogen-bond donors (Lipinski definition) is 1. The number of carbonyl (C=O) groups is 2. The minimum absolute atomic E-state index is 0.105. The lowest BCUT2D eigenvalue weighted by Crippen LogP contribution is -2.42. The van der Waals surface area contributed by atoms with Crippen molar-refractivity contribution in [2.45, 2.75) is 66.0 Å². The lowest BCUT2D eigenvalue weighted by molar-refractivity contribution is -0.133. The monoisotopic (exact) mass is 438 g/mol. The van der Waals surface area contributed by atoms with Gasteiger partial charge in [-0.15, -0.1) is 10.2 Å². The van der Waals surface area contributed by atoms with Crippen LogP contribution in [0.3, 0.4) is 0 Å². The number of carbonyl (C=O) groups excluding carboxylic acids is 2. The molecule has 2 aliphatic rings. The third-order valence-corrected chi connectivity index (χ3v) is 6.71. The van der Waals surface area contributed by atoms with Crippen LogP contribution >= 0.6 is 0 Å². The smallest absolute Gasteiger partial charge is 0.322 e. The molecule has 0 unspecified atom stereocenters. The molecule has 0 bridgehead atoms. The number of nitrogens with one attached hydrogen (secondary N) is 1. The topological polar surface area (TPSA) is 83.4 Å². The molecule has 2 aromatic rings. The quantitative estimate of drug-likeness (QED) is 0.789. The summed E-state index contributed by atoms with van der Waals surface area (Å²) in [6.45, 7) is 11.6. The largest absolute Gasteiger partial charge is 0.343 e. The number of fused-ring (bicyclic) bond motifs is 1. The molecule has 8 heteroatoms. The molecule has 1 fully saturated rings. The van der Waals surface area contributed by atoms with E-state index in [1.165, 1.54) is 0 Å². The van der Waals surface area contributed by atoms with Crippen LogP contribution in [0.4, 0.5) is 10.5 Å². The summed E-state index contributed by atoms with van der Waals surface area (Å²) in [5.41, 5.74) is 3.09. The maximum absolute atomic E-state index is 12.8. The Kier molecular flexibility index (Phi) is 6.48. The number of urea groups is 1. The van der Waals surface area contributed by atoms with Crippen LogP contribution in [-0.2, 0) is 17.9 Å². The fourth-order valence-corrected chi connectivity index (χ4v) is 4.60. The number of amides is 3. The highest BCUT2D eigenvalue weighted by atomic mass is 16.2. The summed E-state index contributed by atoms with van der Waals surface area (Å²) in [6.07, 6.45) is 2.45. The number of aromatic nitrogens is 3. The number of piperidine rings is 1. The first kappa shape index (κ1) is 22.3. The molecule has 2 aliphatic heterocycles. The summed E-state index contributed by atoms with van der Waals surface area (Å²) >= 11 is 0. The molecule has 0 saturated carbocycles. The van der Waals surface area contributed by atoms with Gasteiger partial charge in [0.1, 0.15) is 5.82 Å². The van der Waals surface area contributed by atoms with Crippen molar-refractivity contribution in [2.75, 3.05) is 25.0 Å². The first-order valence-corrected chi connectivity index (χ1v) is 11.7. The predicted octanol–water partition coefficient (Wildman–Crippen LogP) is 3.69. The Morgan fingerprint density at radius 2 is 1.81 bits per heavy atom. The standard InChI is InChI=1S/C24H34N6O2/c1-16(2)14-22(31)28-10-8-19(9-11-28)23-27-26-21-15-29(12-13-30(21)23)24(32)25-20-7-5-6-17(3)18(20)4/h5-7,16,19H,8-15H2,1-4H3,(H,25,32). The van der Waals surface area contributed by atoms with Crippen molar-refractivity contribution in [1.29, 1.82) is 0 Å². The molecule has 1 aromatic heterocycles. The van der Waals surface area contributed by atoms with Crippen LogP contribution in [0, 0.1) is 19.8 Å². The first-order chi connectivity index (χ1) is 15.3. The molecule has 4 rings (SSSR count). The van der Waals surface area contributed by atoms with E-state index in [0.29, 0.717) is 37.9 Å². The summed E-state index contributed by atoms with van der Waals surface area (Å²) in [6, 6.07) is 5.83. The Balaban J connectivity index is 1.37. The molecular weight excluding hydrogens is 404 g/mol. The van der Waals surface area contributed by atoms with Crippen LogP contribution in [0.1, 0.15) is 61.8 Å². The zero-order chi connectivity index (χ0) is 22.8. The van der Waals surface area contributed by atoms with E-state index in [4.69, 9.17) is 0 Å². The summed E-state index contributed by atoms with van der Waals surface area (Å²) in [5.74, 6) is 2.80. The van der Waals surface area contributed by atoms with Gasteiger partial charge in [0.15, 0.2) is 5.82 Å². The number of hydrogen-bond acceptors (Lipinski definition) is 4. The molecule has 1 saturated heterocycles. The summed E-state index contributed by atoms with van der Waals surface area (Å²) in [7, 11) is 0. The van der Waals surface area contributed by atoms with E-state index in [1.807, 2.05) is 36.9 Å². The number of aryl methyl sites for hydroxylation is 1. The van der Waals surface area contributed by atoms with Crippen molar-refractivity contribution in [3.63, 3.8) is 0 Å². The van der Waals surface area contributed by atoms with Crippen LogP contribution in [0.5, 0.6) is 0 Å². The third kappa shape index (κ3) is 4.64.